The average Bonchev–Trinajstić information content (AvgIpc) is 2.56. The Balaban J connectivity index is 2.18. The minimum Gasteiger partial charge on any atom is -0.370 e. The molecule has 2 aromatic rings. The minimum atomic E-state index is 0.139. The van der Waals surface area contributed by atoms with E-state index in [0.29, 0.717) is 6.42 Å². The molecule has 0 spiro atoms. The molecule has 2 aromatic carbocycles. The summed E-state index contributed by atoms with van der Waals surface area (Å²) in [4.78, 5) is 16.6. The number of hydrogen-bond acceptors (Lipinski definition) is 2. The van der Waals surface area contributed by atoms with Crippen LogP contribution in [0.3, 0.4) is 0 Å². The SMILES string of the molecule is CC1CC(=O)N(c2ccccc2)c2ccccc2N1C. The van der Waals surface area contributed by atoms with Crippen molar-refractivity contribution >= 4 is 23.0 Å². The zero-order chi connectivity index (χ0) is 14.1. The summed E-state index contributed by atoms with van der Waals surface area (Å²) in [7, 11) is 2.05. The number of nitrogens with zero attached hydrogens (tertiary/aromatic N) is 2. The molecule has 0 saturated heterocycles. The van der Waals surface area contributed by atoms with E-state index in [1.165, 1.54) is 0 Å². The Kier molecular flexibility index (Phi) is 3.18. The molecular formula is C17H18N2O. The van der Waals surface area contributed by atoms with Gasteiger partial charge in [-0.1, -0.05) is 30.3 Å². The highest BCUT2D eigenvalue weighted by Gasteiger charge is 2.29. The van der Waals surface area contributed by atoms with E-state index < -0.39 is 0 Å². The number of hydrogen-bond donors (Lipinski definition) is 0. The standard InChI is InChI=1S/C17H18N2O/c1-13-12-17(20)19(14-8-4-3-5-9-14)16-11-7-6-10-15(16)18(13)2/h3-11,13H,12H2,1-2H3. The Morgan fingerprint density at radius 2 is 1.55 bits per heavy atom. The molecule has 3 rings (SSSR count). The third-order valence-electron chi connectivity index (χ3n) is 3.90. The summed E-state index contributed by atoms with van der Waals surface area (Å²) >= 11 is 0. The molecule has 0 aliphatic carbocycles. The molecule has 1 atom stereocenters. The van der Waals surface area contributed by atoms with E-state index in [1.54, 1.807) is 0 Å². The maximum atomic E-state index is 12.6. The molecule has 3 nitrogen and oxygen atoms in total. The number of amides is 1. The summed E-state index contributed by atoms with van der Waals surface area (Å²) in [6, 6.07) is 18.1. The number of rotatable bonds is 1. The third-order valence-corrected chi connectivity index (χ3v) is 3.90. The second-order valence-electron chi connectivity index (χ2n) is 5.22. The number of carbonyl (C=O) groups excluding carboxylic acids is 1. The Labute approximate surface area is 119 Å². The van der Waals surface area contributed by atoms with Crippen LogP contribution in [0.25, 0.3) is 0 Å². The molecular weight excluding hydrogens is 248 g/mol. The van der Waals surface area contributed by atoms with E-state index in [4.69, 9.17) is 0 Å². The summed E-state index contributed by atoms with van der Waals surface area (Å²) in [5, 5.41) is 0. The molecule has 1 unspecified atom stereocenters. The van der Waals surface area contributed by atoms with Crippen LogP contribution in [0.15, 0.2) is 54.6 Å². The maximum absolute atomic E-state index is 12.6. The van der Waals surface area contributed by atoms with Crippen molar-refractivity contribution in [3.63, 3.8) is 0 Å². The van der Waals surface area contributed by atoms with Crippen molar-refractivity contribution in [3.05, 3.63) is 54.6 Å². The highest BCUT2D eigenvalue weighted by molar-refractivity contribution is 6.05. The van der Waals surface area contributed by atoms with Gasteiger partial charge in [0, 0.05) is 25.2 Å². The van der Waals surface area contributed by atoms with Crippen molar-refractivity contribution in [2.24, 2.45) is 0 Å². The van der Waals surface area contributed by atoms with Crippen LogP contribution < -0.4 is 9.80 Å². The molecule has 0 aromatic heterocycles. The van der Waals surface area contributed by atoms with E-state index in [9.17, 15) is 4.79 Å². The fourth-order valence-electron chi connectivity index (χ4n) is 2.66. The van der Waals surface area contributed by atoms with Crippen molar-refractivity contribution in [2.45, 2.75) is 19.4 Å². The molecule has 1 heterocycles. The zero-order valence-corrected chi connectivity index (χ0v) is 11.8. The normalized spacial score (nSPS) is 18.7. The van der Waals surface area contributed by atoms with Crippen LogP contribution in [-0.2, 0) is 4.79 Å². The number of benzene rings is 2. The van der Waals surface area contributed by atoms with Crippen LogP contribution in [0.1, 0.15) is 13.3 Å². The van der Waals surface area contributed by atoms with Gasteiger partial charge in [-0.2, -0.15) is 0 Å². The van der Waals surface area contributed by atoms with Crippen molar-refractivity contribution in [2.75, 3.05) is 16.8 Å². The van der Waals surface area contributed by atoms with Gasteiger partial charge in [0.05, 0.1) is 11.4 Å². The molecule has 0 N–H and O–H groups in total. The monoisotopic (exact) mass is 266 g/mol. The summed E-state index contributed by atoms with van der Waals surface area (Å²) < 4.78 is 0. The first-order valence-electron chi connectivity index (χ1n) is 6.88. The minimum absolute atomic E-state index is 0.139. The Bertz CT molecular complexity index is 624. The largest absolute Gasteiger partial charge is 0.370 e. The van der Waals surface area contributed by atoms with Gasteiger partial charge in [0.15, 0.2) is 0 Å². The molecule has 1 aliphatic rings. The molecule has 0 fully saturated rings. The average molecular weight is 266 g/mol. The first kappa shape index (κ1) is 12.7. The van der Waals surface area contributed by atoms with Crippen LogP contribution in [0.2, 0.25) is 0 Å². The smallest absolute Gasteiger partial charge is 0.233 e. The molecule has 20 heavy (non-hydrogen) atoms. The molecule has 102 valence electrons. The van der Waals surface area contributed by atoms with Gasteiger partial charge in [-0.05, 0) is 31.2 Å². The van der Waals surface area contributed by atoms with Gasteiger partial charge in [0.25, 0.3) is 0 Å². The lowest BCUT2D eigenvalue weighted by molar-refractivity contribution is -0.118. The van der Waals surface area contributed by atoms with Gasteiger partial charge in [0.1, 0.15) is 0 Å². The third kappa shape index (κ3) is 2.05. The topological polar surface area (TPSA) is 23.6 Å². The number of carbonyl (C=O) groups is 1. The summed E-state index contributed by atoms with van der Waals surface area (Å²) in [6.45, 7) is 2.09. The lowest BCUT2D eigenvalue weighted by atomic mass is 10.2. The lowest BCUT2D eigenvalue weighted by Crippen LogP contribution is -2.31. The molecule has 1 amide bonds. The molecule has 0 bridgehead atoms. The Morgan fingerprint density at radius 3 is 2.25 bits per heavy atom. The highest BCUT2D eigenvalue weighted by atomic mass is 16.2. The fraction of sp³-hybridized carbons (Fsp3) is 0.235. The Morgan fingerprint density at radius 1 is 0.950 bits per heavy atom. The van der Waals surface area contributed by atoms with Crippen molar-refractivity contribution in [3.8, 4) is 0 Å². The second-order valence-corrected chi connectivity index (χ2v) is 5.22. The molecule has 0 saturated carbocycles. The summed E-state index contributed by atoms with van der Waals surface area (Å²) in [6.07, 6.45) is 0.514. The predicted molar refractivity (Wildman–Crippen MR) is 82.5 cm³/mol. The van der Waals surface area contributed by atoms with Gasteiger partial charge in [-0.15, -0.1) is 0 Å². The first-order valence-corrected chi connectivity index (χ1v) is 6.88. The van der Waals surface area contributed by atoms with Crippen LogP contribution in [-0.4, -0.2) is 19.0 Å². The second kappa shape index (κ2) is 5.00. The predicted octanol–water partition coefficient (Wildman–Crippen LogP) is 3.58. The van der Waals surface area contributed by atoms with Crippen LogP contribution in [0.4, 0.5) is 17.1 Å². The van der Waals surface area contributed by atoms with E-state index >= 15 is 0 Å². The zero-order valence-electron chi connectivity index (χ0n) is 11.8. The van der Waals surface area contributed by atoms with Gasteiger partial charge < -0.3 is 4.90 Å². The highest BCUT2D eigenvalue weighted by Crippen LogP contribution is 2.38. The Hall–Kier alpha value is -2.29. The van der Waals surface area contributed by atoms with Crippen molar-refractivity contribution in [1.82, 2.24) is 0 Å². The van der Waals surface area contributed by atoms with Crippen molar-refractivity contribution < 1.29 is 4.79 Å². The lowest BCUT2D eigenvalue weighted by Gasteiger charge is -2.26. The van der Waals surface area contributed by atoms with Gasteiger partial charge in [0.2, 0.25) is 5.91 Å². The van der Waals surface area contributed by atoms with Crippen LogP contribution in [0.5, 0.6) is 0 Å². The summed E-state index contributed by atoms with van der Waals surface area (Å²) in [5.41, 5.74) is 2.97. The van der Waals surface area contributed by atoms with Gasteiger partial charge >= 0.3 is 0 Å². The number of para-hydroxylation sites is 3. The van der Waals surface area contributed by atoms with Crippen LogP contribution >= 0.6 is 0 Å². The molecule has 0 radical (unpaired) electrons. The fourth-order valence-corrected chi connectivity index (χ4v) is 2.66. The number of anilines is 3. The van der Waals surface area contributed by atoms with E-state index in [1.807, 2.05) is 60.5 Å². The van der Waals surface area contributed by atoms with E-state index in [0.717, 1.165) is 17.1 Å². The maximum Gasteiger partial charge on any atom is 0.233 e. The molecule has 1 aliphatic heterocycles. The van der Waals surface area contributed by atoms with E-state index in [-0.39, 0.29) is 11.9 Å². The van der Waals surface area contributed by atoms with Gasteiger partial charge in [-0.25, -0.2) is 0 Å². The summed E-state index contributed by atoms with van der Waals surface area (Å²) in [5.74, 6) is 0.139. The first-order chi connectivity index (χ1) is 9.68. The molecule has 3 heteroatoms. The van der Waals surface area contributed by atoms with Gasteiger partial charge in [-0.3, -0.25) is 9.69 Å². The number of fused-ring (bicyclic) bond motifs is 1. The van der Waals surface area contributed by atoms with Crippen LogP contribution in [0, 0.1) is 0 Å². The van der Waals surface area contributed by atoms with Crippen molar-refractivity contribution in [1.29, 1.82) is 0 Å². The quantitative estimate of drug-likeness (QED) is 0.787. The van der Waals surface area contributed by atoms with E-state index in [2.05, 4.69) is 17.9 Å².